The van der Waals surface area contributed by atoms with Gasteiger partial charge in [0.15, 0.2) is 21.3 Å². The van der Waals surface area contributed by atoms with Crippen LogP contribution in [0.25, 0.3) is 28.0 Å². The zero-order chi connectivity index (χ0) is 29.7. The Kier molecular flexibility index (Phi) is 6.94. The summed E-state index contributed by atoms with van der Waals surface area (Å²) in [5.74, 6) is -2.76. The van der Waals surface area contributed by atoms with E-state index in [9.17, 15) is 31.2 Å². The molecule has 10 nitrogen and oxygen atoms in total. The van der Waals surface area contributed by atoms with E-state index in [-0.39, 0.29) is 47.1 Å². The van der Waals surface area contributed by atoms with Gasteiger partial charge in [0.1, 0.15) is 11.1 Å². The van der Waals surface area contributed by atoms with Crippen LogP contribution in [0.5, 0.6) is 0 Å². The lowest BCUT2D eigenvalue weighted by Crippen LogP contribution is -2.61. The summed E-state index contributed by atoms with van der Waals surface area (Å²) in [5, 5.41) is 7.15. The van der Waals surface area contributed by atoms with Gasteiger partial charge < -0.3 is 16.8 Å². The average molecular weight is 607 g/mol. The summed E-state index contributed by atoms with van der Waals surface area (Å²) in [6.45, 7) is 0. The Morgan fingerprint density at radius 2 is 1.66 bits per heavy atom. The van der Waals surface area contributed by atoms with E-state index >= 15 is 0 Å². The van der Waals surface area contributed by atoms with E-state index in [1.165, 1.54) is 22.8 Å². The van der Waals surface area contributed by atoms with Crippen LogP contribution in [0.2, 0.25) is 5.02 Å². The first kappa shape index (κ1) is 28.4. The fourth-order valence-electron chi connectivity index (χ4n) is 4.79. The molecule has 41 heavy (non-hydrogen) atoms. The van der Waals surface area contributed by atoms with Crippen molar-refractivity contribution in [3.8, 4) is 22.4 Å². The zero-order valence-electron chi connectivity index (χ0n) is 21.1. The number of nitrogens with two attached hydrogens (primary N) is 2. The molecule has 2 amide bonds. The Bertz CT molecular complexity index is 1790. The zero-order valence-corrected chi connectivity index (χ0v) is 22.6. The van der Waals surface area contributed by atoms with Crippen LogP contribution in [0.3, 0.4) is 0 Å². The lowest BCUT2D eigenvalue weighted by molar-refractivity contribution is -0.137. The van der Waals surface area contributed by atoms with Crippen LogP contribution in [0.1, 0.15) is 28.8 Å². The molecule has 0 bridgehead atoms. The summed E-state index contributed by atoms with van der Waals surface area (Å²) in [7, 11) is -3.40. The molecule has 0 spiro atoms. The molecule has 4 aromatic rings. The summed E-state index contributed by atoms with van der Waals surface area (Å²) in [6, 6.07) is 11.0. The SMILES string of the molecule is NC(=O)C1(NC(=O)c2c(N)nn3c(-c4ccc(C(F)(F)F)cc4)c(-c4ccccc4Cl)cnc23)CCS(=O)(=O)CC1. The normalized spacial score (nSPS) is 16.4. The van der Waals surface area contributed by atoms with Crippen LogP contribution < -0.4 is 16.8 Å². The molecule has 5 rings (SSSR count). The third-order valence-electron chi connectivity index (χ3n) is 7.05. The molecule has 0 radical (unpaired) electrons. The van der Waals surface area contributed by atoms with Crippen molar-refractivity contribution in [1.82, 2.24) is 19.9 Å². The Hall–Kier alpha value is -4.17. The molecule has 1 aliphatic rings. The number of primary amides is 1. The minimum atomic E-state index is -4.56. The molecule has 214 valence electrons. The van der Waals surface area contributed by atoms with Crippen molar-refractivity contribution >= 4 is 44.7 Å². The first-order chi connectivity index (χ1) is 19.2. The number of nitrogens with one attached hydrogen (secondary N) is 1. The van der Waals surface area contributed by atoms with E-state index in [0.29, 0.717) is 21.7 Å². The summed E-state index contributed by atoms with van der Waals surface area (Å²) < 4.78 is 64.9. The predicted octanol–water partition coefficient (Wildman–Crippen LogP) is 3.48. The second-order valence-corrected chi connectivity index (χ2v) is 12.3. The van der Waals surface area contributed by atoms with Crippen molar-refractivity contribution in [3.05, 3.63) is 70.9 Å². The quantitative estimate of drug-likeness (QED) is 0.313. The number of nitrogen functional groups attached to an aromatic ring is 1. The minimum Gasteiger partial charge on any atom is -0.381 e. The highest BCUT2D eigenvalue weighted by Gasteiger charge is 2.44. The smallest absolute Gasteiger partial charge is 0.381 e. The second-order valence-electron chi connectivity index (χ2n) is 9.62. The van der Waals surface area contributed by atoms with Gasteiger partial charge in [-0.3, -0.25) is 9.59 Å². The number of hydrogen-bond acceptors (Lipinski definition) is 7. The number of fused-ring (bicyclic) bond motifs is 1. The molecule has 15 heteroatoms. The predicted molar refractivity (Wildman–Crippen MR) is 146 cm³/mol. The van der Waals surface area contributed by atoms with Gasteiger partial charge >= 0.3 is 6.18 Å². The number of amides is 2. The number of halogens is 4. The number of carbonyl (C=O) groups is 2. The lowest BCUT2D eigenvalue weighted by Gasteiger charge is -2.34. The molecular formula is C26H22ClF3N6O4S. The van der Waals surface area contributed by atoms with Gasteiger partial charge in [-0.05, 0) is 31.0 Å². The Labute approximate surface area is 236 Å². The maximum absolute atomic E-state index is 13.5. The molecule has 5 N–H and O–H groups in total. The van der Waals surface area contributed by atoms with Gasteiger partial charge in [-0.2, -0.15) is 13.2 Å². The highest BCUT2D eigenvalue weighted by molar-refractivity contribution is 7.91. The van der Waals surface area contributed by atoms with Crippen molar-refractivity contribution < 1.29 is 31.2 Å². The Balaban J connectivity index is 1.67. The number of carbonyl (C=O) groups excluding carboxylic acids is 2. The van der Waals surface area contributed by atoms with Gasteiger partial charge in [-0.1, -0.05) is 41.9 Å². The molecule has 2 aromatic carbocycles. The monoisotopic (exact) mass is 606 g/mol. The summed E-state index contributed by atoms with van der Waals surface area (Å²) in [4.78, 5) is 30.2. The van der Waals surface area contributed by atoms with E-state index in [1.54, 1.807) is 24.3 Å². The topological polar surface area (TPSA) is 163 Å². The van der Waals surface area contributed by atoms with Crippen LogP contribution in [-0.2, 0) is 20.8 Å². The van der Waals surface area contributed by atoms with E-state index in [1.807, 2.05) is 0 Å². The molecule has 0 atom stereocenters. The van der Waals surface area contributed by atoms with Crippen molar-refractivity contribution in [3.63, 3.8) is 0 Å². The van der Waals surface area contributed by atoms with E-state index in [4.69, 9.17) is 23.1 Å². The third kappa shape index (κ3) is 5.20. The fourth-order valence-corrected chi connectivity index (χ4v) is 6.55. The second kappa shape index (κ2) is 10.0. The van der Waals surface area contributed by atoms with Crippen LogP contribution in [0, 0.1) is 0 Å². The number of hydrogen-bond donors (Lipinski definition) is 3. The molecule has 0 unspecified atom stereocenters. The van der Waals surface area contributed by atoms with Crippen molar-refractivity contribution in [1.29, 1.82) is 0 Å². The third-order valence-corrected chi connectivity index (χ3v) is 9.03. The van der Waals surface area contributed by atoms with Gasteiger partial charge in [-0.15, -0.1) is 5.10 Å². The van der Waals surface area contributed by atoms with Crippen molar-refractivity contribution in [2.75, 3.05) is 17.2 Å². The van der Waals surface area contributed by atoms with Crippen LogP contribution in [0.4, 0.5) is 19.0 Å². The maximum Gasteiger partial charge on any atom is 0.416 e. The number of rotatable bonds is 5. The molecule has 1 saturated heterocycles. The van der Waals surface area contributed by atoms with Crippen molar-refractivity contribution in [2.45, 2.75) is 24.6 Å². The molecule has 2 aromatic heterocycles. The Morgan fingerprint density at radius 1 is 1.02 bits per heavy atom. The average Bonchev–Trinajstić information content (AvgIpc) is 3.25. The molecule has 0 aliphatic carbocycles. The summed E-state index contributed by atoms with van der Waals surface area (Å²) >= 11 is 6.43. The molecule has 1 aliphatic heterocycles. The minimum absolute atomic E-state index is 0.0613. The van der Waals surface area contributed by atoms with Crippen LogP contribution in [-0.4, -0.2) is 51.9 Å². The lowest BCUT2D eigenvalue weighted by atomic mass is 9.91. The number of alkyl halides is 3. The van der Waals surface area contributed by atoms with Crippen molar-refractivity contribution in [2.24, 2.45) is 5.73 Å². The van der Waals surface area contributed by atoms with Gasteiger partial charge in [0, 0.05) is 27.9 Å². The van der Waals surface area contributed by atoms with Gasteiger partial charge in [0.2, 0.25) is 5.91 Å². The van der Waals surface area contributed by atoms with E-state index in [0.717, 1.165) is 12.1 Å². The van der Waals surface area contributed by atoms with Crippen LogP contribution in [0.15, 0.2) is 54.7 Å². The number of benzene rings is 2. The Morgan fingerprint density at radius 3 is 2.24 bits per heavy atom. The maximum atomic E-state index is 13.5. The highest BCUT2D eigenvalue weighted by Crippen LogP contribution is 2.38. The number of anilines is 1. The first-order valence-corrected chi connectivity index (χ1v) is 14.3. The molecule has 3 heterocycles. The first-order valence-electron chi connectivity index (χ1n) is 12.1. The fraction of sp³-hybridized carbons (Fsp3) is 0.231. The molecule has 1 fully saturated rings. The van der Waals surface area contributed by atoms with Gasteiger partial charge in [0.05, 0.1) is 22.8 Å². The number of sulfone groups is 1. The van der Waals surface area contributed by atoms with Gasteiger partial charge in [0.25, 0.3) is 5.91 Å². The number of aromatic nitrogens is 3. The summed E-state index contributed by atoms with van der Waals surface area (Å²) in [5.41, 5.74) is 10.4. The molecule has 0 saturated carbocycles. The van der Waals surface area contributed by atoms with Crippen LogP contribution >= 0.6 is 11.6 Å². The highest BCUT2D eigenvalue weighted by atomic mass is 35.5. The largest absolute Gasteiger partial charge is 0.416 e. The van der Waals surface area contributed by atoms with E-state index in [2.05, 4.69) is 15.4 Å². The van der Waals surface area contributed by atoms with E-state index < -0.39 is 38.9 Å². The standard InChI is InChI=1S/C26H22ClF3N6O4S/c27-18-4-2-1-3-16(18)17-13-33-22-19(23(37)34-25(24(32)38)9-11-41(39,40)12-10-25)21(31)35-36(22)20(17)14-5-7-15(8-6-14)26(28,29)30/h1-8,13H,9-12H2,(H2,31,35)(H2,32,38)(H,34,37). The summed E-state index contributed by atoms with van der Waals surface area (Å²) in [6.07, 6.45) is -3.63. The van der Waals surface area contributed by atoms with Gasteiger partial charge in [-0.25, -0.2) is 17.9 Å². The number of nitrogens with zero attached hydrogens (tertiary/aromatic N) is 3. The molecular weight excluding hydrogens is 585 g/mol.